The minimum atomic E-state index is 0.427. The molecule has 5 heteroatoms. The van der Waals surface area contributed by atoms with Crippen molar-refractivity contribution in [3.05, 3.63) is 11.6 Å². The summed E-state index contributed by atoms with van der Waals surface area (Å²) in [5.74, 6) is 4.96. The van der Waals surface area contributed by atoms with Crippen LogP contribution in [-0.4, -0.2) is 28.5 Å². The highest BCUT2D eigenvalue weighted by Gasteiger charge is 2.47. The van der Waals surface area contributed by atoms with Gasteiger partial charge in [-0.1, -0.05) is 0 Å². The van der Waals surface area contributed by atoms with Crippen LogP contribution in [-0.2, 0) is 17.2 Å². The average Bonchev–Trinajstić information content (AvgIpc) is 2.79. The van der Waals surface area contributed by atoms with Gasteiger partial charge >= 0.3 is 0 Å². The Morgan fingerprint density at radius 1 is 1.29 bits per heavy atom. The van der Waals surface area contributed by atoms with Gasteiger partial charge in [-0.15, -0.1) is 21.8 Å². The molecule has 2 fully saturated rings. The van der Waals surface area contributed by atoms with Crippen LogP contribution in [0, 0.1) is 11.8 Å². The van der Waals surface area contributed by atoms with Crippen molar-refractivity contribution >= 4 is 11.6 Å². The molecule has 0 N–H and O–H groups in total. The van der Waals surface area contributed by atoms with Gasteiger partial charge in [0.1, 0.15) is 11.6 Å². The van der Waals surface area contributed by atoms with Crippen molar-refractivity contribution in [3.63, 3.8) is 0 Å². The number of hydrogen-bond donors (Lipinski definition) is 0. The first-order chi connectivity index (χ1) is 8.33. The van der Waals surface area contributed by atoms with Crippen LogP contribution in [0.5, 0.6) is 0 Å². The molecule has 0 bridgehead atoms. The predicted octanol–water partition coefficient (Wildman–Crippen LogP) is 2.18. The van der Waals surface area contributed by atoms with Crippen LogP contribution in [0.3, 0.4) is 0 Å². The van der Waals surface area contributed by atoms with E-state index in [9.17, 15) is 0 Å². The molecule has 17 heavy (non-hydrogen) atoms. The van der Waals surface area contributed by atoms with Crippen molar-refractivity contribution in [2.75, 3.05) is 13.7 Å². The number of methoxy groups -OCH3 is 1. The number of halogens is 1. The molecular formula is C12H18ClN3O. The molecule has 0 amide bonds. The summed E-state index contributed by atoms with van der Waals surface area (Å²) in [6, 6.07) is 0. The molecule has 0 radical (unpaired) electrons. The molecule has 1 aromatic heterocycles. The van der Waals surface area contributed by atoms with Crippen LogP contribution in [0.15, 0.2) is 0 Å². The fourth-order valence-electron chi connectivity index (χ4n) is 3.10. The van der Waals surface area contributed by atoms with E-state index >= 15 is 0 Å². The second-order valence-corrected chi connectivity index (χ2v) is 5.44. The molecule has 94 valence electrons. The maximum absolute atomic E-state index is 5.90. The van der Waals surface area contributed by atoms with Gasteiger partial charge in [-0.2, -0.15) is 0 Å². The number of rotatable bonds is 5. The van der Waals surface area contributed by atoms with Gasteiger partial charge in [0, 0.05) is 19.6 Å². The van der Waals surface area contributed by atoms with E-state index in [0.29, 0.717) is 18.4 Å². The Kier molecular flexibility index (Phi) is 3.09. The van der Waals surface area contributed by atoms with Crippen molar-refractivity contribution < 1.29 is 4.74 Å². The lowest BCUT2D eigenvalue weighted by atomic mass is 10.0. The lowest BCUT2D eigenvalue weighted by Crippen LogP contribution is -2.13. The molecule has 0 aliphatic heterocycles. The first-order valence-corrected chi connectivity index (χ1v) is 6.83. The Balaban J connectivity index is 1.79. The number of fused-ring (bicyclic) bond motifs is 1. The maximum atomic E-state index is 5.90. The highest BCUT2D eigenvalue weighted by molar-refractivity contribution is 6.16. The molecule has 1 heterocycles. The third kappa shape index (κ3) is 2.08. The Labute approximate surface area is 106 Å². The summed E-state index contributed by atoms with van der Waals surface area (Å²) in [4.78, 5) is 0. The molecule has 2 unspecified atom stereocenters. The maximum Gasteiger partial charge on any atom is 0.148 e. The van der Waals surface area contributed by atoms with E-state index < -0.39 is 0 Å². The van der Waals surface area contributed by atoms with Crippen LogP contribution in [0.2, 0.25) is 0 Å². The second kappa shape index (κ2) is 4.58. The molecule has 0 saturated heterocycles. The van der Waals surface area contributed by atoms with Crippen molar-refractivity contribution in [3.8, 4) is 0 Å². The second-order valence-electron chi connectivity index (χ2n) is 5.18. The number of nitrogens with zero attached hydrogens (tertiary/aromatic N) is 3. The predicted molar refractivity (Wildman–Crippen MR) is 65.0 cm³/mol. The van der Waals surface area contributed by atoms with Crippen LogP contribution < -0.4 is 0 Å². The molecule has 0 aromatic carbocycles. The van der Waals surface area contributed by atoms with Gasteiger partial charge in [-0.3, -0.25) is 0 Å². The van der Waals surface area contributed by atoms with E-state index in [1.165, 1.54) is 19.3 Å². The number of ether oxygens (including phenoxy) is 1. The molecular weight excluding hydrogens is 238 g/mol. The van der Waals surface area contributed by atoms with Crippen molar-refractivity contribution in [2.45, 2.75) is 37.6 Å². The summed E-state index contributed by atoms with van der Waals surface area (Å²) in [5, 5.41) is 8.55. The first kappa shape index (κ1) is 11.5. The Hall–Kier alpha value is -0.610. The Morgan fingerprint density at radius 2 is 2.06 bits per heavy atom. The summed E-state index contributed by atoms with van der Waals surface area (Å²) in [5.41, 5.74) is 0. The molecule has 2 atom stereocenters. The highest BCUT2D eigenvalue weighted by Crippen LogP contribution is 2.57. The molecule has 4 nitrogen and oxygen atoms in total. The lowest BCUT2D eigenvalue weighted by Gasteiger charge is -2.14. The van der Waals surface area contributed by atoms with Gasteiger partial charge in [-0.05, 0) is 31.1 Å². The highest BCUT2D eigenvalue weighted by atomic mass is 35.5. The Bertz CT molecular complexity index is 396. The van der Waals surface area contributed by atoms with Gasteiger partial charge in [0.2, 0.25) is 0 Å². The third-order valence-electron chi connectivity index (χ3n) is 4.10. The molecule has 2 saturated carbocycles. The van der Waals surface area contributed by atoms with Crippen LogP contribution >= 0.6 is 11.6 Å². The van der Waals surface area contributed by atoms with E-state index in [2.05, 4.69) is 14.8 Å². The van der Waals surface area contributed by atoms with Gasteiger partial charge in [0.25, 0.3) is 0 Å². The zero-order chi connectivity index (χ0) is 11.8. The fraction of sp³-hybridized carbons (Fsp3) is 0.833. The van der Waals surface area contributed by atoms with E-state index in [1.807, 2.05) is 0 Å². The van der Waals surface area contributed by atoms with E-state index in [1.54, 1.807) is 7.11 Å². The van der Waals surface area contributed by atoms with Gasteiger partial charge in [-0.25, -0.2) is 0 Å². The molecule has 2 aliphatic rings. The number of alkyl halides is 1. The summed E-state index contributed by atoms with van der Waals surface area (Å²) in [7, 11) is 1.72. The van der Waals surface area contributed by atoms with Gasteiger partial charge in [0.05, 0.1) is 12.5 Å². The smallest absolute Gasteiger partial charge is 0.148 e. The quantitative estimate of drug-likeness (QED) is 0.757. The standard InChI is InChI=1S/C12H18ClN3O/c1-17-3-2-16-11(7-13)14-15-12(16)10-5-8-4-9(8)6-10/h8-10H,2-7H2,1H3. The van der Waals surface area contributed by atoms with Crippen LogP contribution in [0.4, 0.5) is 0 Å². The van der Waals surface area contributed by atoms with Gasteiger partial charge < -0.3 is 9.30 Å². The van der Waals surface area contributed by atoms with Crippen molar-refractivity contribution in [1.29, 1.82) is 0 Å². The van der Waals surface area contributed by atoms with E-state index in [-0.39, 0.29) is 0 Å². The van der Waals surface area contributed by atoms with Crippen molar-refractivity contribution in [1.82, 2.24) is 14.8 Å². The minimum Gasteiger partial charge on any atom is -0.383 e. The topological polar surface area (TPSA) is 39.9 Å². The van der Waals surface area contributed by atoms with Gasteiger partial charge in [0.15, 0.2) is 0 Å². The average molecular weight is 256 g/mol. The molecule has 2 aliphatic carbocycles. The molecule has 1 aromatic rings. The van der Waals surface area contributed by atoms with E-state index in [4.69, 9.17) is 16.3 Å². The largest absolute Gasteiger partial charge is 0.383 e. The zero-order valence-electron chi connectivity index (χ0n) is 10.1. The summed E-state index contributed by atoms with van der Waals surface area (Å²) < 4.78 is 7.30. The summed E-state index contributed by atoms with van der Waals surface area (Å²) in [6.07, 6.45) is 4.02. The molecule has 0 spiro atoms. The monoisotopic (exact) mass is 255 g/mol. The summed E-state index contributed by atoms with van der Waals surface area (Å²) >= 11 is 5.90. The number of aromatic nitrogens is 3. The Morgan fingerprint density at radius 3 is 2.71 bits per heavy atom. The lowest BCUT2D eigenvalue weighted by molar-refractivity contribution is 0.185. The van der Waals surface area contributed by atoms with Crippen LogP contribution in [0.25, 0.3) is 0 Å². The SMILES string of the molecule is COCCn1c(CCl)nnc1C1CC2CC2C1. The van der Waals surface area contributed by atoms with Crippen LogP contribution in [0.1, 0.15) is 36.8 Å². The summed E-state index contributed by atoms with van der Waals surface area (Å²) in [6.45, 7) is 1.50. The fourth-order valence-corrected chi connectivity index (χ4v) is 3.30. The van der Waals surface area contributed by atoms with Crippen molar-refractivity contribution in [2.24, 2.45) is 11.8 Å². The first-order valence-electron chi connectivity index (χ1n) is 6.30. The molecule has 3 rings (SSSR count). The number of hydrogen-bond acceptors (Lipinski definition) is 3. The third-order valence-corrected chi connectivity index (χ3v) is 4.34. The normalized spacial score (nSPS) is 30.6. The van der Waals surface area contributed by atoms with E-state index in [0.717, 1.165) is 30.0 Å². The zero-order valence-corrected chi connectivity index (χ0v) is 10.9. The minimum absolute atomic E-state index is 0.427.